The van der Waals surface area contributed by atoms with Crippen LogP contribution >= 0.6 is 0 Å². The number of carbonyl (C=O) groups is 1. The van der Waals surface area contributed by atoms with E-state index in [4.69, 9.17) is 9.57 Å². The van der Waals surface area contributed by atoms with Gasteiger partial charge in [0.05, 0.1) is 17.6 Å². The average Bonchev–Trinajstić information content (AvgIpc) is 2.96. The molecule has 0 amide bonds. The van der Waals surface area contributed by atoms with E-state index in [-0.39, 0.29) is 17.0 Å². The second-order valence-corrected chi connectivity index (χ2v) is 4.96. The smallest absolute Gasteiger partial charge is 0.368 e. The molecule has 0 aliphatic carbocycles. The fraction of sp³-hybridized carbons (Fsp3) is 0.0588. The number of methoxy groups -OCH3 is 1. The van der Waals surface area contributed by atoms with Crippen LogP contribution in [0.15, 0.2) is 59.3 Å². The molecule has 3 rings (SSSR count). The second kappa shape index (κ2) is 6.33. The maximum Gasteiger partial charge on any atom is 0.368 e. The average molecular weight is 324 g/mol. The number of hydrogen-bond acceptors (Lipinski definition) is 6. The molecular weight excluding hydrogens is 312 g/mol. The van der Waals surface area contributed by atoms with E-state index in [1.807, 2.05) is 0 Å². The minimum atomic E-state index is -0.604. The van der Waals surface area contributed by atoms with Crippen molar-refractivity contribution < 1.29 is 19.3 Å². The van der Waals surface area contributed by atoms with Crippen LogP contribution in [0.2, 0.25) is 0 Å². The molecule has 2 aromatic carbocycles. The number of rotatable bonds is 4. The Kier molecular flexibility index (Phi) is 4.07. The highest BCUT2D eigenvalue weighted by Gasteiger charge is 2.27. The SMILES string of the molecule is COc1ccc(C=C2C(=O)ON=C2c2cccc([N+](=O)[O-])c2)cc1. The molecule has 0 saturated carbocycles. The van der Waals surface area contributed by atoms with Crippen molar-refractivity contribution in [2.45, 2.75) is 0 Å². The van der Waals surface area contributed by atoms with Gasteiger partial charge in [-0.05, 0) is 23.8 Å². The molecule has 0 atom stereocenters. The van der Waals surface area contributed by atoms with E-state index in [1.165, 1.54) is 18.2 Å². The van der Waals surface area contributed by atoms with Gasteiger partial charge in [0.2, 0.25) is 0 Å². The molecule has 120 valence electrons. The fourth-order valence-corrected chi connectivity index (χ4v) is 2.25. The minimum Gasteiger partial charge on any atom is -0.497 e. The van der Waals surface area contributed by atoms with Gasteiger partial charge in [-0.3, -0.25) is 10.1 Å². The number of ether oxygens (including phenoxy) is 1. The summed E-state index contributed by atoms with van der Waals surface area (Å²) in [7, 11) is 1.56. The number of carbonyl (C=O) groups excluding carboxylic acids is 1. The second-order valence-electron chi connectivity index (χ2n) is 4.96. The van der Waals surface area contributed by atoms with E-state index in [0.29, 0.717) is 11.3 Å². The van der Waals surface area contributed by atoms with Crippen molar-refractivity contribution in [2.24, 2.45) is 5.16 Å². The summed E-state index contributed by atoms with van der Waals surface area (Å²) in [6, 6.07) is 13.0. The Labute approximate surface area is 137 Å². The third-order valence-electron chi connectivity index (χ3n) is 3.45. The van der Waals surface area contributed by atoms with Gasteiger partial charge >= 0.3 is 5.97 Å². The summed E-state index contributed by atoms with van der Waals surface area (Å²) in [4.78, 5) is 27.1. The zero-order valence-electron chi connectivity index (χ0n) is 12.6. The van der Waals surface area contributed by atoms with Gasteiger partial charge < -0.3 is 9.57 Å². The van der Waals surface area contributed by atoms with Gasteiger partial charge in [0, 0.05) is 17.7 Å². The summed E-state index contributed by atoms with van der Waals surface area (Å²) in [5.74, 6) is 0.0889. The number of nitro groups is 1. The minimum absolute atomic E-state index is 0.0849. The zero-order valence-corrected chi connectivity index (χ0v) is 12.6. The number of oxime groups is 1. The number of nitrogens with zero attached hydrogens (tertiary/aromatic N) is 2. The van der Waals surface area contributed by atoms with E-state index in [1.54, 1.807) is 43.5 Å². The van der Waals surface area contributed by atoms with Crippen molar-refractivity contribution in [3.63, 3.8) is 0 Å². The molecule has 7 heteroatoms. The van der Waals surface area contributed by atoms with Crippen LogP contribution in [0.4, 0.5) is 5.69 Å². The molecule has 0 N–H and O–H groups in total. The summed E-state index contributed by atoms with van der Waals surface area (Å²) < 4.78 is 5.09. The molecule has 0 radical (unpaired) electrons. The summed E-state index contributed by atoms with van der Waals surface area (Å²) in [5, 5.41) is 14.7. The van der Waals surface area contributed by atoms with E-state index >= 15 is 0 Å². The predicted octanol–water partition coefficient (Wildman–Crippen LogP) is 2.95. The molecule has 1 aliphatic rings. The highest BCUT2D eigenvalue weighted by atomic mass is 16.7. The molecule has 1 heterocycles. The fourth-order valence-electron chi connectivity index (χ4n) is 2.25. The number of benzene rings is 2. The Hall–Kier alpha value is -3.48. The maximum absolute atomic E-state index is 11.9. The Morgan fingerprint density at radius 3 is 2.62 bits per heavy atom. The van der Waals surface area contributed by atoms with Gasteiger partial charge in [0.25, 0.3) is 5.69 Å². The van der Waals surface area contributed by atoms with E-state index in [0.717, 1.165) is 5.56 Å². The zero-order chi connectivity index (χ0) is 17.1. The molecule has 7 nitrogen and oxygen atoms in total. The third kappa shape index (κ3) is 3.00. The van der Waals surface area contributed by atoms with Crippen LogP contribution < -0.4 is 4.74 Å². The lowest BCUT2D eigenvalue weighted by molar-refractivity contribution is -0.384. The molecule has 1 aliphatic heterocycles. The van der Waals surface area contributed by atoms with Crippen molar-refractivity contribution in [3.8, 4) is 5.75 Å². The molecule has 0 bridgehead atoms. The molecule has 0 unspecified atom stereocenters. The molecule has 0 aromatic heterocycles. The van der Waals surface area contributed by atoms with Gasteiger partial charge in [-0.1, -0.05) is 29.4 Å². The predicted molar refractivity (Wildman–Crippen MR) is 86.7 cm³/mol. The van der Waals surface area contributed by atoms with Crippen LogP contribution in [0.1, 0.15) is 11.1 Å². The van der Waals surface area contributed by atoms with Crippen LogP contribution in [-0.4, -0.2) is 23.7 Å². The standard InChI is InChI=1S/C17H12N2O5/c1-23-14-7-5-11(6-8-14)9-15-16(18-24-17(15)20)12-3-2-4-13(10-12)19(21)22/h2-10H,1H3. The first-order valence-corrected chi connectivity index (χ1v) is 6.99. The Morgan fingerprint density at radius 1 is 1.21 bits per heavy atom. The summed E-state index contributed by atoms with van der Waals surface area (Å²) in [6.45, 7) is 0. The van der Waals surface area contributed by atoms with Crippen LogP contribution in [0.3, 0.4) is 0 Å². The van der Waals surface area contributed by atoms with E-state index in [2.05, 4.69) is 5.16 Å². The first-order valence-electron chi connectivity index (χ1n) is 6.99. The monoisotopic (exact) mass is 324 g/mol. The molecule has 0 spiro atoms. The quantitative estimate of drug-likeness (QED) is 0.373. The topological polar surface area (TPSA) is 91.0 Å². The lowest BCUT2D eigenvalue weighted by Crippen LogP contribution is -2.07. The van der Waals surface area contributed by atoms with Gasteiger partial charge in [-0.25, -0.2) is 4.79 Å². The maximum atomic E-state index is 11.9. The van der Waals surface area contributed by atoms with Crippen molar-refractivity contribution in [3.05, 3.63) is 75.3 Å². The van der Waals surface area contributed by atoms with E-state index < -0.39 is 10.9 Å². The highest BCUT2D eigenvalue weighted by Crippen LogP contribution is 2.24. The van der Waals surface area contributed by atoms with Crippen molar-refractivity contribution in [1.29, 1.82) is 0 Å². The summed E-state index contributed by atoms with van der Waals surface area (Å²) >= 11 is 0. The third-order valence-corrected chi connectivity index (χ3v) is 3.45. The van der Waals surface area contributed by atoms with Crippen molar-refractivity contribution in [2.75, 3.05) is 7.11 Å². The van der Waals surface area contributed by atoms with Gasteiger partial charge in [0.15, 0.2) is 0 Å². The van der Waals surface area contributed by atoms with E-state index in [9.17, 15) is 14.9 Å². The molecular formula is C17H12N2O5. The first-order chi connectivity index (χ1) is 11.6. The lowest BCUT2D eigenvalue weighted by Gasteiger charge is -2.02. The van der Waals surface area contributed by atoms with Crippen LogP contribution in [-0.2, 0) is 9.63 Å². The molecule has 2 aromatic rings. The Morgan fingerprint density at radius 2 is 1.96 bits per heavy atom. The Balaban J connectivity index is 1.98. The Bertz CT molecular complexity index is 869. The van der Waals surface area contributed by atoms with Gasteiger partial charge in [0.1, 0.15) is 11.5 Å². The first kappa shape index (κ1) is 15.4. The normalized spacial score (nSPS) is 15.1. The summed E-state index contributed by atoms with van der Waals surface area (Å²) in [5.41, 5.74) is 1.61. The number of non-ortho nitro benzene ring substituents is 1. The molecule has 0 saturated heterocycles. The largest absolute Gasteiger partial charge is 0.497 e. The van der Waals surface area contributed by atoms with Crippen LogP contribution in [0.25, 0.3) is 6.08 Å². The lowest BCUT2D eigenvalue weighted by atomic mass is 10.0. The van der Waals surface area contributed by atoms with Gasteiger partial charge in [-0.2, -0.15) is 0 Å². The van der Waals surface area contributed by atoms with Crippen molar-refractivity contribution >= 4 is 23.4 Å². The number of nitro benzene ring substituents is 1. The molecule has 0 fully saturated rings. The van der Waals surface area contributed by atoms with Crippen LogP contribution in [0, 0.1) is 10.1 Å². The van der Waals surface area contributed by atoms with Crippen molar-refractivity contribution in [1.82, 2.24) is 0 Å². The summed E-state index contributed by atoms with van der Waals surface area (Å²) in [6.07, 6.45) is 1.62. The van der Waals surface area contributed by atoms with Crippen LogP contribution in [0.5, 0.6) is 5.75 Å². The highest BCUT2D eigenvalue weighted by molar-refractivity contribution is 6.31. The van der Waals surface area contributed by atoms with Gasteiger partial charge in [-0.15, -0.1) is 0 Å². The number of hydrogen-bond donors (Lipinski definition) is 0. The molecule has 24 heavy (non-hydrogen) atoms.